The molecule has 18 heavy (non-hydrogen) atoms. The van der Waals surface area contributed by atoms with Crippen molar-refractivity contribution in [1.82, 2.24) is 9.88 Å². The van der Waals surface area contributed by atoms with Crippen molar-refractivity contribution in [1.29, 1.82) is 0 Å². The quantitative estimate of drug-likeness (QED) is 0.813. The summed E-state index contributed by atoms with van der Waals surface area (Å²) >= 11 is 0. The van der Waals surface area contributed by atoms with Crippen molar-refractivity contribution in [2.45, 2.75) is 19.0 Å². The molecule has 1 N–H and O–H groups in total. The highest BCUT2D eigenvalue weighted by Crippen LogP contribution is 2.28. The summed E-state index contributed by atoms with van der Waals surface area (Å²) in [7, 11) is 0. The second kappa shape index (κ2) is 4.83. The molecule has 0 spiro atoms. The Labute approximate surface area is 108 Å². The maximum absolute atomic E-state index is 3.96. The third kappa shape index (κ3) is 2.12. The van der Waals surface area contributed by atoms with Crippen molar-refractivity contribution in [3.63, 3.8) is 0 Å². The lowest BCUT2D eigenvalue weighted by molar-refractivity contribution is 0.231. The first-order valence-corrected chi connectivity index (χ1v) is 6.42. The Bertz CT molecular complexity index is 527. The molecule has 1 aliphatic heterocycles. The predicted octanol–water partition coefficient (Wildman–Crippen LogP) is 3.30. The number of nitrogens with one attached hydrogen (secondary N) is 1. The number of fused-ring (bicyclic) bond motifs is 1. The van der Waals surface area contributed by atoms with Gasteiger partial charge in [-0.25, -0.2) is 0 Å². The first kappa shape index (κ1) is 11.3. The zero-order chi connectivity index (χ0) is 12.4. The van der Waals surface area contributed by atoms with E-state index in [2.05, 4.69) is 58.9 Å². The summed E-state index contributed by atoms with van der Waals surface area (Å²) in [4.78, 5) is 5.82. The third-order valence-electron chi connectivity index (χ3n) is 3.64. The minimum absolute atomic E-state index is 0.448. The molecule has 0 amide bonds. The number of nitrogens with zero attached hydrogens (tertiary/aromatic N) is 1. The van der Waals surface area contributed by atoms with E-state index in [1.807, 2.05) is 6.20 Å². The third-order valence-corrected chi connectivity index (χ3v) is 3.64. The molecule has 0 unspecified atom stereocenters. The molecule has 2 nitrogen and oxygen atoms in total. The van der Waals surface area contributed by atoms with E-state index in [0.29, 0.717) is 5.92 Å². The summed E-state index contributed by atoms with van der Waals surface area (Å²) < 4.78 is 0. The van der Waals surface area contributed by atoms with Crippen LogP contribution in [0.15, 0.2) is 55.3 Å². The zero-order valence-electron chi connectivity index (χ0n) is 10.5. The van der Waals surface area contributed by atoms with Gasteiger partial charge in [0.2, 0.25) is 0 Å². The van der Waals surface area contributed by atoms with Gasteiger partial charge < -0.3 is 4.98 Å². The fourth-order valence-corrected chi connectivity index (χ4v) is 2.73. The highest BCUT2D eigenvalue weighted by Gasteiger charge is 2.23. The number of hydrogen-bond acceptors (Lipinski definition) is 1. The van der Waals surface area contributed by atoms with E-state index in [1.165, 1.54) is 16.8 Å². The zero-order valence-corrected chi connectivity index (χ0v) is 10.5. The van der Waals surface area contributed by atoms with Gasteiger partial charge in [0.25, 0.3) is 0 Å². The minimum Gasteiger partial charge on any atom is -0.364 e. The second-order valence-electron chi connectivity index (χ2n) is 4.91. The molecule has 3 rings (SSSR count). The highest BCUT2D eigenvalue weighted by atomic mass is 15.1. The normalized spacial score (nSPS) is 19.4. The van der Waals surface area contributed by atoms with E-state index in [-0.39, 0.29) is 0 Å². The van der Waals surface area contributed by atoms with Crippen LogP contribution < -0.4 is 0 Å². The Balaban J connectivity index is 1.79. The number of H-pyrrole nitrogens is 1. The fourth-order valence-electron chi connectivity index (χ4n) is 2.73. The fraction of sp³-hybridized carbons (Fsp3) is 0.250. The molecule has 1 aromatic carbocycles. The number of aromatic nitrogens is 1. The van der Waals surface area contributed by atoms with Crippen LogP contribution in [-0.4, -0.2) is 16.4 Å². The number of rotatable bonds is 3. The van der Waals surface area contributed by atoms with E-state index in [4.69, 9.17) is 0 Å². The van der Waals surface area contributed by atoms with Gasteiger partial charge in [-0.2, -0.15) is 0 Å². The Morgan fingerprint density at radius 1 is 1.28 bits per heavy atom. The summed E-state index contributed by atoms with van der Waals surface area (Å²) in [6, 6.07) is 12.8. The lowest BCUT2D eigenvalue weighted by Gasteiger charge is -2.31. The summed E-state index contributed by atoms with van der Waals surface area (Å²) in [6.07, 6.45) is 4.09. The van der Waals surface area contributed by atoms with Gasteiger partial charge in [0.15, 0.2) is 0 Å². The van der Waals surface area contributed by atoms with Crippen molar-refractivity contribution in [2.24, 2.45) is 0 Å². The lowest BCUT2D eigenvalue weighted by atomic mass is 9.94. The maximum Gasteiger partial charge on any atom is 0.0392 e. The van der Waals surface area contributed by atoms with Crippen LogP contribution in [0, 0.1) is 0 Å². The monoisotopic (exact) mass is 238 g/mol. The van der Waals surface area contributed by atoms with Gasteiger partial charge in [-0.1, -0.05) is 36.4 Å². The van der Waals surface area contributed by atoms with Crippen molar-refractivity contribution in [2.75, 3.05) is 6.54 Å². The Kier molecular flexibility index (Phi) is 3.03. The van der Waals surface area contributed by atoms with Gasteiger partial charge in [0, 0.05) is 37.4 Å². The molecule has 0 saturated carbocycles. The van der Waals surface area contributed by atoms with E-state index < -0.39 is 0 Å². The number of benzene rings is 1. The predicted molar refractivity (Wildman–Crippen MR) is 74.3 cm³/mol. The molecular weight excluding hydrogens is 220 g/mol. The average molecular weight is 238 g/mol. The summed E-state index contributed by atoms with van der Waals surface area (Å²) in [5, 5.41) is 0. The molecule has 0 bridgehead atoms. The first-order valence-electron chi connectivity index (χ1n) is 6.42. The Hall–Kier alpha value is -1.80. The average Bonchev–Trinajstić information content (AvgIpc) is 2.87. The molecule has 1 aliphatic rings. The second-order valence-corrected chi connectivity index (χ2v) is 4.91. The van der Waals surface area contributed by atoms with Crippen LogP contribution in [0.4, 0.5) is 0 Å². The van der Waals surface area contributed by atoms with Crippen LogP contribution in [0.25, 0.3) is 0 Å². The Morgan fingerprint density at radius 2 is 2.11 bits per heavy atom. The van der Waals surface area contributed by atoms with Crippen molar-refractivity contribution >= 4 is 0 Å². The molecule has 0 radical (unpaired) electrons. The summed E-state index contributed by atoms with van der Waals surface area (Å²) in [6.45, 7) is 7.03. The summed E-state index contributed by atoms with van der Waals surface area (Å²) in [5.41, 5.74) is 4.12. The van der Waals surface area contributed by atoms with Gasteiger partial charge in [0.1, 0.15) is 0 Å². The molecule has 0 aliphatic carbocycles. The van der Waals surface area contributed by atoms with Gasteiger partial charge in [-0.3, -0.25) is 4.90 Å². The number of hydrogen-bond donors (Lipinski definition) is 1. The molecule has 0 saturated heterocycles. The van der Waals surface area contributed by atoms with E-state index in [0.717, 1.165) is 19.6 Å². The highest BCUT2D eigenvalue weighted by molar-refractivity contribution is 5.31. The van der Waals surface area contributed by atoms with Crippen LogP contribution in [0.2, 0.25) is 0 Å². The van der Waals surface area contributed by atoms with Crippen LogP contribution in [0.5, 0.6) is 0 Å². The SMILES string of the molecule is C=C[C@H]1CN(Cc2ccccc2)Cc2[nH]ccc21. The summed E-state index contributed by atoms with van der Waals surface area (Å²) in [5.74, 6) is 0.448. The van der Waals surface area contributed by atoms with Gasteiger partial charge in [-0.15, -0.1) is 6.58 Å². The van der Waals surface area contributed by atoms with Gasteiger partial charge in [0.05, 0.1) is 0 Å². The first-order chi connectivity index (χ1) is 8.86. The topological polar surface area (TPSA) is 19.0 Å². The molecule has 2 heterocycles. The van der Waals surface area contributed by atoms with Crippen molar-refractivity contribution in [3.05, 3.63) is 72.1 Å². The van der Waals surface area contributed by atoms with Crippen molar-refractivity contribution < 1.29 is 0 Å². The van der Waals surface area contributed by atoms with Gasteiger partial charge >= 0.3 is 0 Å². The van der Waals surface area contributed by atoms with Crippen LogP contribution in [0.1, 0.15) is 22.7 Å². The van der Waals surface area contributed by atoms with Crippen LogP contribution in [-0.2, 0) is 13.1 Å². The van der Waals surface area contributed by atoms with E-state index in [1.54, 1.807) is 0 Å². The molecule has 2 heteroatoms. The van der Waals surface area contributed by atoms with E-state index in [9.17, 15) is 0 Å². The molecule has 1 aromatic heterocycles. The molecule has 1 atom stereocenters. The van der Waals surface area contributed by atoms with Crippen LogP contribution in [0.3, 0.4) is 0 Å². The largest absolute Gasteiger partial charge is 0.364 e. The molecule has 92 valence electrons. The maximum atomic E-state index is 3.96. The minimum atomic E-state index is 0.448. The van der Waals surface area contributed by atoms with Crippen molar-refractivity contribution in [3.8, 4) is 0 Å². The number of aromatic amines is 1. The molecular formula is C16H18N2. The van der Waals surface area contributed by atoms with E-state index >= 15 is 0 Å². The lowest BCUT2D eigenvalue weighted by Crippen LogP contribution is -2.32. The molecule has 0 fully saturated rings. The molecule has 2 aromatic rings. The smallest absolute Gasteiger partial charge is 0.0392 e. The van der Waals surface area contributed by atoms with Gasteiger partial charge in [-0.05, 0) is 17.2 Å². The standard InChI is InChI=1S/C16H18N2/c1-2-14-11-18(10-13-6-4-3-5-7-13)12-16-15(14)8-9-17-16/h2-9,14,17H,1,10-12H2/t14-/m0/s1. The van der Waals surface area contributed by atoms with Crippen LogP contribution >= 0.6 is 0 Å². The Morgan fingerprint density at radius 3 is 2.89 bits per heavy atom.